The first-order valence-electron chi connectivity index (χ1n) is 7.53. The van der Waals surface area contributed by atoms with Crippen LogP contribution in [0.5, 0.6) is 0 Å². The first kappa shape index (κ1) is 15.8. The highest BCUT2D eigenvalue weighted by atomic mass is 35.5. The summed E-state index contributed by atoms with van der Waals surface area (Å²) in [4.78, 5) is 29.2. The molecule has 3 heterocycles. The fourth-order valence-electron chi connectivity index (χ4n) is 3.36. The number of piperazine rings is 1. The van der Waals surface area contributed by atoms with Crippen molar-refractivity contribution in [2.24, 2.45) is 0 Å². The van der Waals surface area contributed by atoms with Crippen molar-refractivity contribution < 1.29 is 9.59 Å². The lowest BCUT2D eigenvalue weighted by atomic mass is 9.86. The van der Waals surface area contributed by atoms with Crippen molar-refractivity contribution in [3.63, 3.8) is 0 Å². The summed E-state index contributed by atoms with van der Waals surface area (Å²) in [7, 11) is 2.10. The smallest absolute Gasteiger partial charge is 0.264 e. The van der Waals surface area contributed by atoms with Crippen molar-refractivity contribution in [2.45, 2.75) is 24.8 Å². The molecule has 2 fully saturated rings. The fourth-order valence-corrected chi connectivity index (χ4v) is 4.37. The molecular formula is C15H20ClN3O2S. The van der Waals surface area contributed by atoms with Crippen LogP contribution in [0.1, 0.15) is 28.9 Å². The van der Waals surface area contributed by atoms with Crippen LogP contribution in [0.2, 0.25) is 4.34 Å². The highest BCUT2D eigenvalue weighted by Crippen LogP contribution is 2.32. The summed E-state index contributed by atoms with van der Waals surface area (Å²) in [5.41, 5.74) is -0.103. The van der Waals surface area contributed by atoms with Crippen LogP contribution in [-0.4, -0.2) is 60.4 Å². The minimum absolute atomic E-state index is 0.0490. The van der Waals surface area contributed by atoms with Crippen LogP contribution in [-0.2, 0) is 4.79 Å². The van der Waals surface area contributed by atoms with Gasteiger partial charge in [0.2, 0.25) is 5.91 Å². The van der Waals surface area contributed by atoms with E-state index >= 15 is 0 Å². The Labute approximate surface area is 139 Å². The van der Waals surface area contributed by atoms with Gasteiger partial charge in [-0.15, -0.1) is 11.3 Å². The molecule has 1 aromatic rings. The zero-order valence-electron chi connectivity index (χ0n) is 12.6. The zero-order chi connectivity index (χ0) is 15.7. The first-order valence-corrected chi connectivity index (χ1v) is 8.72. The number of likely N-dealkylation sites (N-methyl/N-ethyl adjacent to an activating group) is 1. The van der Waals surface area contributed by atoms with Gasteiger partial charge in [-0.05, 0) is 32.0 Å². The van der Waals surface area contributed by atoms with Gasteiger partial charge in [0.25, 0.3) is 5.91 Å². The van der Waals surface area contributed by atoms with Gasteiger partial charge in [0.1, 0.15) is 0 Å². The summed E-state index contributed by atoms with van der Waals surface area (Å²) in [6, 6.07) is 3.55. The lowest BCUT2D eigenvalue weighted by Crippen LogP contribution is -2.62. The van der Waals surface area contributed by atoms with Crippen LogP contribution in [0.4, 0.5) is 0 Å². The van der Waals surface area contributed by atoms with E-state index in [1.165, 1.54) is 11.3 Å². The molecule has 0 unspecified atom stereocenters. The number of hydrogen-bond acceptors (Lipinski definition) is 4. The molecule has 1 aromatic heterocycles. The van der Waals surface area contributed by atoms with Gasteiger partial charge in [-0.25, -0.2) is 0 Å². The molecule has 0 bridgehead atoms. The van der Waals surface area contributed by atoms with Crippen molar-refractivity contribution >= 4 is 34.8 Å². The Balaban J connectivity index is 1.78. The second kappa shape index (κ2) is 6.18. The largest absolute Gasteiger partial charge is 0.356 e. The summed E-state index contributed by atoms with van der Waals surface area (Å²) in [5, 5.41) is 2.93. The Bertz CT molecular complexity index is 591. The standard InChI is InChI=1S/C15H20ClN3O2S/c1-18-8-9-19(14(21)11-2-3-12(16)22-11)10-15(18)5-4-13(20)17-7-6-15/h2-3H,4-10H2,1H3,(H,17,20)/t15-/m1/s1. The number of hydrogen-bond donors (Lipinski definition) is 1. The topological polar surface area (TPSA) is 52.6 Å². The predicted molar refractivity (Wildman–Crippen MR) is 87.5 cm³/mol. The van der Waals surface area contributed by atoms with Crippen LogP contribution < -0.4 is 5.32 Å². The molecule has 2 aliphatic heterocycles. The van der Waals surface area contributed by atoms with Crippen LogP contribution in [0.3, 0.4) is 0 Å². The quantitative estimate of drug-likeness (QED) is 0.848. The lowest BCUT2D eigenvalue weighted by molar-refractivity contribution is -0.121. The number of nitrogens with one attached hydrogen (secondary N) is 1. The zero-order valence-corrected chi connectivity index (χ0v) is 14.2. The van der Waals surface area contributed by atoms with Gasteiger partial charge >= 0.3 is 0 Å². The van der Waals surface area contributed by atoms with Gasteiger partial charge in [-0.3, -0.25) is 14.5 Å². The maximum absolute atomic E-state index is 12.7. The molecule has 22 heavy (non-hydrogen) atoms. The Hall–Kier alpha value is -1.11. The van der Waals surface area contributed by atoms with Crippen molar-refractivity contribution in [1.82, 2.24) is 15.1 Å². The van der Waals surface area contributed by atoms with E-state index in [1.54, 1.807) is 12.1 Å². The Morgan fingerprint density at radius 3 is 2.91 bits per heavy atom. The summed E-state index contributed by atoms with van der Waals surface area (Å²) in [5.74, 6) is 0.159. The van der Waals surface area contributed by atoms with Gasteiger partial charge < -0.3 is 10.2 Å². The first-order chi connectivity index (χ1) is 10.5. The molecule has 2 amide bonds. The molecule has 2 aliphatic rings. The number of carbonyl (C=O) groups excluding carboxylic acids is 2. The second-order valence-electron chi connectivity index (χ2n) is 6.08. The van der Waals surface area contributed by atoms with E-state index in [2.05, 4.69) is 17.3 Å². The van der Waals surface area contributed by atoms with Crippen LogP contribution in [0, 0.1) is 0 Å². The van der Waals surface area contributed by atoms with Crippen LogP contribution in [0.25, 0.3) is 0 Å². The van der Waals surface area contributed by atoms with Crippen molar-refractivity contribution in [3.8, 4) is 0 Å². The molecular weight excluding hydrogens is 322 g/mol. The predicted octanol–water partition coefficient (Wildman–Crippen LogP) is 1.83. The molecule has 3 rings (SSSR count). The summed E-state index contributed by atoms with van der Waals surface area (Å²) in [6.07, 6.45) is 2.20. The van der Waals surface area contributed by atoms with Crippen LogP contribution in [0.15, 0.2) is 12.1 Å². The number of halogens is 1. The summed E-state index contributed by atoms with van der Waals surface area (Å²) in [6.45, 7) is 2.90. The maximum atomic E-state index is 12.7. The molecule has 0 aliphatic carbocycles. The van der Waals surface area contributed by atoms with E-state index in [9.17, 15) is 9.59 Å². The Morgan fingerprint density at radius 2 is 2.18 bits per heavy atom. The number of amides is 2. The highest BCUT2D eigenvalue weighted by Gasteiger charge is 2.42. The lowest BCUT2D eigenvalue weighted by Gasteiger charge is -2.49. The highest BCUT2D eigenvalue weighted by molar-refractivity contribution is 7.17. The second-order valence-corrected chi connectivity index (χ2v) is 7.79. The number of carbonyl (C=O) groups is 2. The van der Waals surface area contributed by atoms with E-state index in [-0.39, 0.29) is 17.4 Å². The van der Waals surface area contributed by atoms with E-state index in [0.717, 1.165) is 19.4 Å². The molecule has 1 spiro atoms. The molecule has 1 atom stereocenters. The summed E-state index contributed by atoms with van der Waals surface area (Å²) >= 11 is 7.26. The van der Waals surface area contributed by atoms with E-state index < -0.39 is 0 Å². The van der Waals surface area contributed by atoms with E-state index in [0.29, 0.717) is 35.3 Å². The molecule has 1 N–H and O–H groups in total. The Morgan fingerprint density at radius 1 is 1.36 bits per heavy atom. The van der Waals surface area contributed by atoms with Crippen molar-refractivity contribution in [2.75, 3.05) is 33.2 Å². The molecule has 120 valence electrons. The Kier molecular flexibility index (Phi) is 4.43. The minimum atomic E-state index is -0.103. The average molecular weight is 342 g/mol. The van der Waals surface area contributed by atoms with E-state index in [1.807, 2.05) is 4.90 Å². The van der Waals surface area contributed by atoms with Gasteiger partial charge in [0.15, 0.2) is 0 Å². The van der Waals surface area contributed by atoms with Gasteiger partial charge in [0.05, 0.1) is 9.21 Å². The fraction of sp³-hybridized carbons (Fsp3) is 0.600. The van der Waals surface area contributed by atoms with Gasteiger partial charge in [-0.2, -0.15) is 0 Å². The molecule has 0 saturated carbocycles. The maximum Gasteiger partial charge on any atom is 0.264 e. The number of nitrogens with zero attached hydrogens (tertiary/aromatic N) is 2. The van der Waals surface area contributed by atoms with E-state index in [4.69, 9.17) is 11.6 Å². The SMILES string of the molecule is CN1CCN(C(=O)c2ccc(Cl)s2)C[C@@]12CCNC(=O)CC2. The third kappa shape index (κ3) is 3.00. The van der Waals surface area contributed by atoms with Gasteiger partial charge in [0, 0.05) is 38.1 Å². The van der Waals surface area contributed by atoms with Gasteiger partial charge in [-0.1, -0.05) is 11.6 Å². The third-order valence-corrected chi connectivity index (χ3v) is 6.02. The minimum Gasteiger partial charge on any atom is -0.356 e. The number of thiophene rings is 1. The monoisotopic (exact) mass is 341 g/mol. The number of rotatable bonds is 1. The molecule has 2 saturated heterocycles. The third-order valence-electron chi connectivity index (χ3n) is 4.80. The molecule has 0 aromatic carbocycles. The van der Waals surface area contributed by atoms with Crippen molar-refractivity contribution in [3.05, 3.63) is 21.3 Å². The van der Waals surface area contributed by atoms with Crippen molar-refractivity contribution in [1.29, 1.82) is 0 Å². The molecule has 0 radical (unpaired) electrons. The average Bonchev–Trinajstić information content (AvgIpc) is 2.84. The molecule has 5 nitrogen and oxygen atoms in total. The molecule has 7 heteroatoms. The van der Waals surface area contributed by atoms with Crippen LogP contribution >= 0.6 is 22.9 Å². The summed E-state index contributed by atoms with van der Waals surface area (Å²) < 4.78 is 0.636. The normalized spacial score (nSPS) is 26.8.